The molecule has 30 heavy (non-hydrogen) atoms. The first-order valence-corrected chi connectivity index (χ1v) is 9.32. The highest BCUT2D eigenvalue weighted by atomic mass is 19.1. The van der Waals surface area contributed by atoms with Gasteiger partial charge in [0.05, 0.1) is 5.71 Å². The Morgan fingerprint density at radius 1 is 1.23 bits per heavy atom. The molecule has 1 aliphatic carbocycles. The average Bonchev–Trinajstić information content (AvgIpc) is 3.39. The topological polar surface area (TPSA) is 80.5 Å². The van der Waals surface area contributed by atoms with Gasteiger partial charge in [-0.1, -0.05) is 47.6 Å². The van der Waals surface area contributed by atoms with E-state index in [4.69, 9.17) is 4.84 Å². The zero-order valence-electron chi connectivity index (χ0n) is 16.9. The Balaban J connectivity index is 1.71. The number of nitrogens with zero attached hydrogens (tertiary/aromatic N) is 2. The molecular formula is C22H22F2N2O4. The lowest BCUT2D eigenvalue weighted by molar-refractivity contribution is -0.129. The van der Waals surface area contributed by atoms with Gasteiger partial charge in [-0.25, -0.2) is 13.6 Å². The Labute approximate surface area is 172 Å². The maximum Gasteiger partial charge on any atom is 0.358 e. The Hall–Kier alpha value is -3.29. The quantitative estimate of drug-likeness (QED) is 0.515. The first kappa shape index (κ1) is 21.4. The Kier molecular flexibility index (Phi) is 6.14. The lowest BCUT2D eigenvalue weighted by atomic mass is 9.93. The molecule has 0 unspecified atom stereocenters. The van der Waals surface area contributed by atoms with Crippen molar-refractivity contribution in [2.24, 2.45) is 16.2 Å². The Morgan fingerprint density at radius 3 is 2.63 bits per heavy atom. The molecular weight excluding hydrogens is 394 g/mol. The maximum atomic E-state index is 14.2. The number of hydrogen-bond donors (Lipinski definition) is 1. The number of rotatable bonds is 8. The van der Waals surface area contributed by atoms with Crippen LogP contribution in [0.4, 0.5) is 8.78 Å². The number of oxime groups is 2. The molecule has 0 spiro atoms. The standard InChI is InChI=1S/C22H22F2N2O4/c1-13(18-11-22(18,2)17-9-8-15(23)10-19(17)24)25-30-12-14-6-4-5-7-16(14)20(21(27)28)26-29-3/h4-10,18H,11-12H2,1-3H3,(H,27,28)/t18-,22-/m0/s1. The first-order chi connectivity index (χ1) is 14.3. The fourth-order valence-electron chi connectivity index (χ4n) is 3.66. The summed E-state index contributed by atoms with van der Waals surface area (Å²) in [5.41, 5.74) is 1.38. The van der Waals surface area contributed by atoms with Gasteiger partial charge in [-0.05, 0) is 25.0 Å². The highest BCUT2D eigenvalue weighted by Gasteiger charge is 2.54. The zero-order chi connectivity index (χ0) is 21.9. The van der Waals surface area contributed by atoms with E-state index in [1.54, 1.807) is 31.2 Å². The molecule has 3 rings (SSSR count). The summed E-state index contributed by atoms with van der Waals surface area (Å²) < 4.78 is 27.4. The molecule has 0 aromatic heterocycles. The highest BCUT2D eigenvalue weighted by Crippen LogP contribution is 2.55. The molecule has 1 fully saturated rings. The molecule has 0 bridgehead atoms. The normalized spacial score (nSPS) is 21.3. The van der Waals surface area contributed by atoms with Crippen molar-refractivity contribution in [1.82, 2.24) is 0 Å². The van der Waals surface area contributed by atoms with Crippen molar-refractivity contribution in [3.63, 3.8) is 0 Å². The molecule has 0 aliphatic heterocycles. The number of aliphatic carboxylic acids is 1. The lowest BCUT2D eigenvalue weighted by Crippen LogP contribution is -2.17. The SMILES string of the molecule is CON=C(C(=O)O)c1ccccc1CON=C(C)[C@@H]1C[C@@]1(C)c1ccc(F)cc1F. The summed E-state index contributed by atoms with van der Waals surface area (Å²) in [7, 11) is 1.27. The van der Waals surface area contributed by atoms with Crippen LogP contribution in [0, 0.1) is 17.6 Å². The zero-order valence-corrected chi connectivity index (χ0v) is 16.9. The molecule has 1 saturated carbocycles. The van der Waals surface area contributed by atoms with E-state index in [1.807, 2.05) is 6.92 Å². The van der Waals surface area contributed by atoms with Gasteiger partial charge in [0, 0.05) is 28.5 Å². The molecule has 1 aliphatic rings. The smallest absolute Gasteiger partial charge is 0.358 e. The molecule has 0 radical (unpaired) electrons. The van der Waals surface area contributed by atoms with Gasteiger partial charge in [0.25, 0.3) is 0 Å². The van der Waals surface area contributed by atoms with Gasteiger partial charge < -0.3 is 14.8 Å². The fourth-order valence-corrected chi connectivity index (χ4v) is 3.66. The van der Waals surface area contributed by atoms with E-state index in [2.05, 4.69) is 15.1 Å². The predicted molar refractivity (Wildman–Crippen MR) is 107 cm³/mol. The van der Waals surface area contributed by atoms with Crippen LogP contribution in [-0.2, 0) is 26.5 Å². The number of carboxylic acids is 1. The van der Waals surface area contributed by atoms with Crippen LogP contribution in [0.1, 0.15) is 37.0 Å². The molecule has 0 saturated heterocycles. The molecule has 2 aromatic carbocycles. The number of halogens is 2. The van der Waals surface area contributed by atoms with Gasteiger partial charge in [0.1, 0.15) is 25.4 Å². The number of carbonyl (C=O) groups is 1. The van der Waals surface area contributed by atoms with Gasteiger partial charge in [-0.15, -0.1) is 0 Å². The molecule has 0 amide bonds. The van der Waals surface area contributed by atoms with Crippen molar-refractivity contribution in [3.8, 4) is 0 Å². The largest absolute Gasteiger partial charge is 0.476 e. The van der Waals surface area contributed by atoms with Crippen molar-refractivity contribution in [1.29, 1.82) is 0 Å². The van der Waals surface area contributed by atoms with E-state index in [0.29, 0.717) is 28.8 Å². The fraction of sp³-hybridized carbons (Fsp3) is 0.318. The summed E-state index contributed by atoms with van der Waals surface area (Å²) in [5, 5.41) is 17.1. The second-order valence-corrected chi connectivity index (χ2v) is 7.39. The summed E-state index contributed by atoms with van der Waals surface area (Å²) in [6.07, 6.45) is 0.675. The van der Waals surface area contributed by atoms with Gasteiger partial charge in [-0.3, -0.25) is 0 Å². The van der Waals surface area contributed by atoms with E-state index >= 15 is 0 Å². The van der Waals surface area contributed by atoms with Crippen molar-refractivity contribution in [2.75, 3.05) is 7.11 Å². The Morgan fingerprint density at radius 2 is 1.97 bits per heavy atom. The van der Waals surface area contributed by atoms with Crippen LogP contribution in [0.5, 0.6) is 0 Å². The van der Waals surface area contributed by atoms with E-state index in [-0.39, 0.29) is 18.2 Å². The third kappa shape index (κ3) is 4.32. The monoisotopic (exact) mass is 416 g/mol. The van der Waals surface area contributed by atoms with Crippen molar-refractivity contribution >= 4 is 17.4 Å². The predicted octanol–water partition coefficient (Wildman–Crippen LogP) is 4.27. The van der Waals surface area contributed by atoms with Gasteiger partial charge in [0.15, 0.2) is 5.71 Å². The minimum atomic E-state index is -1.22. The summed E-state index contributed by atoms with van der Waals surface area (Å²) in [6, 6.07) is 10.4. The van der Waals surface area contributed by atoms with Gasteiger partial charge in [0.2, 0.25) is 0 Å². The second kappa shape index (κ2) is 8.61. The lowest BCUT2D eigenvalue weighted by Gasteiger charge is -2.13. The van der Waals surface area contributed by atoms with E-state index in [0.717, 1.165) is 6.07 Å². The van der Waals surface area contributed by atoms with Crippen molar-refractivity contribution < 1.29 is 28.4 Å². The summed E-state index contributed by atoms with van der Waals surface area (Å²) in [6.45, 7) is 3.72. The Bertz CT molecular complexity index is 1020. The number of benzene rings is 2. The molecule has 6 nitrogen and oxygen atoms in total. The van der Waals surface area contributed by atoms with Crippen molar-refractivity contribution in [3.05, 3.63) is 70.8 Å². The summed E-state index contributed by atoms with van der Waals surface area (Å²) in [4.78, 5) is 21.5. The molecule has 2 aromatic rings. The average molecular weight is 416 g/mol. The van der Waals surface area contributed by atoms with E-state index in [1.165, 1.54) is 19.2 Å². The van der Waals surface area contributed by atoms with Crippen LogP contribution in [0.25, 0.3) is 0 Å². The molecule has 0 heterocycles. The van der Waals surface area contributed by atoms with Crippen LogP contribution >= 0.6 is 0 Å². The minimum Gasteiger partial charge on any atom is -0.476 e. The van der Waals surface area contributed by atoms with Crippen LogP contribution in [0.15, 0.2) is 52.8 Å². The molecule has 8 heteroatoms. The molecule has 2 atom stereocenters. The van der Waals surface area contributed by atoms with Crippen LogP contribution < -0.4 is 0 Å². The third-order valence-corrected chi connectivity index (χ3v) is 5.37. The molecule has 158 valence electrons. The van der Waals surface area contributed by atoms with Crippen molar-refractivity contribution in [2.45, 2.75) is 32.3 Å². The maximum absolute atomic E-state index is 14.2. The highest BCUT2D eigenvalue weighted by molar-refractivity contribution is 6.42. The van der Waals surface area contributed by atoms with Crippen LogP contribution in [0.3, 0.4) is 0 Å². The minimum absolute atomic E-state index is 0.0257. The van der Waals surface area contributed by atoms with Gasteiger partial charge >= 0.3 is 5.97 Å². The second-order valence-electron chi connectivity index (χ2n) is 7.39. The summed E-state index contributed by atoms with van der Waals surface area (Å²) in [5.74, 6) is -2.43. The number of hydrogen-bond acceptors (Lipinski definition) is 5. The van der Waals surface area contributed by atoms with Gasteiger partial charge in [-0.2, -0.15) is 0 Å². The van der Waals surface area contributed by atoms with Crippen LogP contribution in [-0.4, -0.2) is 29.6 Å². The van der Waals surface area contributed by atoms with E-state index in [9.17, 15) is 18.7 Å². The number of carboxylic acid groups (broad SMARTS) is 1. The molecule has 1 N–H and O–H groups in total. The first-order valence-electron chi connectivity index (χ1n) is 9.32. The third-order valence-electron chi connectivity index (χ3n) is 5.37. The van der Waals surface area contributed by atoms with E-state index < -0.39 is 23.0 Å². The summed E-state index contributed by atoms with van der Waals surface area (Å²) >= 11 is 0. The van der Waals surface area contributed by atoms with Crippen LogP contribution in [0.2, 0.25) is 0 Å².